The van der Waals surface area contributed by atoms with Crippen LogP contribution < -0.4 is 10.1 Å². The van der Waals surface area contributed by atoms with Gasteiger partial charge in [0.05, 0.1) is 12.7 Å². The third-order valence-corrected chi connectivity index (χ3v) is 2.49. The fourth-order valence-corrected chi connectivity index (χ4v) is 1.44. The number of aryl methyl sites for hydroxylation is 1. The summed E-state index contributed by atoms with van der Waals surface area (Å²) < 4.78 is 43.1. The molecule has 0 bridgehead atoms. The van der Waals surface area contributed by atoms with E-state index >= 15 is 0 Å². The van der Waals surface area contributed by atoms with Gasteiger partial charge < -0.3 is 15.2 Å². The van der Waals surface area contributed by atoms with Gasteiger partial charge in [-0.2, -0.15) is 13.2 Å². The van der Waals surface area contributed by atoms with E-state index in [-0.39, 0.29) is 11.4 Å². The topological polar surface area (TPSA) is 58.6 Å². The summed E-state index contributed by atoms with van der Waals surface area (Å²) in [5.41, 5.74) is -0.598. The second-order valence-corrected chi connectivity index (χ2v) is 4.03. The molecular formula is C12H14F3NO3. The highest BCUT2D eigenvalue weighted by Gasteiger charge is 2.35. The highest BCUT2D eigenvalue weighted by Crippen LogP contribution is 2.39. The summed E-state index contributed by atoms with van der Waals surface area (Å²) >= 11 is 0. The van der Waals surface area contributed by atoms with E-state index in [1.807, 2.05) is 0 Å². The van der Waals surface area contributed by atoms with Gasteiger partial charge in [-0.1, -0.05) is 0 Å². The van der Waals surface area contributed by atoms with Gasteiger partial charge in [0, 0.05) is 5.69 Å². The molecule has 1 unspecified atom stereocenters. The zero-order chi connectivity index (χ0) is 14.8. The minimum Gasteiger partial charge on any atom is -0.496 e. The van der Waals surface area contributed by atoms with E-state index < -0.39 is 23.8 Å². The number of methoxy groups -OCH3 is 1. The molecule has 0 aliphatic rings. The lowest BCUT2D eigenvalue weighted by molar-refractivity contribution is -0.138. The fraction of sp³-hybridized carbons (Fsp3) is 0.417. The Labute approximate surface area is 108 Å². The average Bonchev–Trinajstić information content (AvgIpc) is 2.29. The Hall–Kier alpha value is -1.76. The normalized spacial score (nSPS) is 13.0. The summed E-state index contributed by atoms with van der Waals surface area (Å²) in [5, 5.41) is 11.3. The second-order valence-electron chi connectivity index (χ2n) is 4.03. The van der Waals surface area contributed by atoms with Crippen molar-refractivity contribution in [2.45, 2.75) is 26.1 Å². The maximum absolute atomic E-state index is 12.8. The minimum atomic E-state index is -4.59. The van der Waals surface area contributed by atoms with E-state index in [0.29, 0.717) is 5.56 Å². The molecule has 1 aromatic rings. The van der Waals surface area contributed by atoms with Crippen LogP contribution in [0.3, 0.4) is 0 Å². The molecule has 19 heavy (non-hydrogen) atoms. The van der Waals surface area contributed by atoms with Crippen LogP contribution in [0.25, 0.3) is 0 Å². The number of hydrogen-bond acceptors (Lipinski definition) is 3. The Kier molecular flexibility index (Phi) is 4.41. The summed E-state index contributed by atoms with van der Waals surface area (Å²) in [6.45, 7) is 2.75. The molecule has 0 aromatic heterocycles. The van der Waals surface area contributed by atoms with E-state index in [9.17, 15) is 18.0 Å². The van der Waals surface area contributed by atoms with Crippen LogP contribution in [-0.2, 0) is 11.0 Å². The molecule has 4 nitrogen and oxygen atoms in total. The van der Waals surface area contributed by atoms with Crippen LogP contribution in [0.1, 0.15) is 18.1 Å². The quantitative estimate of drug-likeness (QED) is 0.891. The van der Waals surface area contributed by atoms with E-state index in [0.717, 1.165) is 13.2 Å². The zero-order valence-corrected chi connectivity index (χ0v) is 10.6. The number of halogens is 3. The number of benzene rings is 1. The Bertz CT molecular complexity index is 484. The number of hydrogen-bond donors (Lipinski definition) is 2. The third kappa shape index (κ3) is 3.60. The van der Waals surface area contributed by atoms with Crippen LogP contribution >= 0.6 is 0 Å². The summed E-state index contributed by atoms with van der Waals surface area (Å²) in [5.74, 6) is -1.10. The van der Waals surface area contributed by atoms with Crippen LogP contribution in [0.4, 0.5) is 18.9 Å². The van der Waals surface area contributed by atoms with Gasteiger partial charge in [0.1, 0.15) is 11.9 Å². The van der Waals surface area contributed by atoms with Gasteiger partial charge >= 0.3 is 6.18 Å². The number of aliphatic hydroxyl groups is 1. The first-order valence-corrected chi connectivity index (χ1v) is 5.41. The highest BCUT2D eigenvalue weighted by atomic mass is 19.4. The van der Waals surface area contributed by atoms with Crippen LogP contribution in [0.15, 0.2) is 12.1 Å². The number of rotatable bonds is 3. The molecule has 0 aliphatic heterocycles. The monoisotopic (exact) mass is 277 g/mol. The van der Waals surface area contributed by atoms with Crippen LogP contribution in [-0.4, -0.2) is 24.2 Å². The average molecular weight is 277 g/mol. The van der Waals surface area contributed by atoms with Crippen LogP contribution in [0.2, 0.25) is 0 Å². The molecule has 7 heteroatoms. The number of aliphatic hydroxyl groups excluding tert-OH is 1. The predicted molar refractivity (Wildman–Crippen MR) is 63.0 cm³/mol. The maximum Gasteiger partial charge on any atom is 0.420 e. The molecule has 0 radical (unpaired) electrons. The summed E-state index contributed by atoms with van der Waals surface area (Å²) in [7, 11) is 1.14. The lowest BCUT2D eigenvalue weighted by Crippen LogP contribution is -2.25. The summed E-state index contributed by atoms with van der Waals surface area (Å²) in [6.07, 6.45) is -5.90. The van der Waals surface area contributed by atoms with Gasteiger partial charge in [0.2, 0.25) is 0 Å². The predicted octanol–water partition coefficient (Wildman–Crippen LogP) is 2.34. The SMILES string of the molecule is COc1cc(C)c(NC(=O)C(C)O)cc1C(F)(F)F. The van der Waals surface area contributed by atoms with E-state index in [1.54, 1.807) is 0 Å². The largest absolute Gasteiger partial charge is 0.496 e. The number of alkyl halides is 3. The number of carbonyl (C=O) groups excluding carboxylic acids is 1. The van der Waals surface area contributed by atoms with Crippen LogP contribution in [0.5, 0.6) is 5.75 Å². The molecule has 0 spiro atoms. The first-order valence-electron chi connectivity index (χ1n) is 5.41. The van der Waals surface area contributed by atoms with Crippen molar-refractivity contribution in [1.29, 1.82) is 0 Å². The molecule has 0 aliphatic carbocycles. The molecule has 106 valence electrons. The lowest BCUT2D eigenvalue weighted by atomic mass is 10.1. The Morgan fingerprint density at radius 1 is 1.42 bits per heavy atom. The molecule has 0 fully saturated rings. The van der Waals surface area contributed by atoms with E-state index in [2.05, 4.69) is 10.1 Å². The zero-order valence-electron chi connectivity index (χ0n) is 10.6. The molecule has 1 amide bonds. The van der Waals surface area contributed by atoms with Crippen molar-refractivity contribution >= 4 is 11.6 Å². The molecule has 1 atom stereocenters. The number of carbonyl (C=O) groups is 1. The minimum absolute atomic E-state index is 0.0148. The van der Waals surface area contributed by atoms with Gasteiger partial charge in [-0.3, -0.25) is 4.79 Å². The van der Waals surface area contributed by atoms with Crippen molar-refractivity contribution in [3.8, 4) is 5.75 Å². The summed E-state index contributed by atoms with van der Waals surface area (Å²) in [6, 6.07) is 1.97. The molecule has 2 N–H and O–H groups in total. The van der Waals surface area contributed by atoms with Crippen molar-refractivity contribution in [1.82, 2.24) is 0 Å². The molecule has 1 aromatic carbocycles. The van der Waals surface area contributed by atoms with Crippen molar-refractivity contribution in [2.24, 2.45) is 0 Å². The molecule has 0 heterocycles. The van der Waals surface area contributed by atoms with Gasteiger partial charge in [0.25, 0.3) is 5.91 Å². The van der Waals surface area contributed by atoms with Crippen molar-refractivity contribution in [3.63, 3.8) is 0 Å². The van der Waals surface area contributed by atoms with Crippen molar-refractivity contribution < 1.29 is 27.8 Å². The van der Waals surface area contributed by atoms with E-state index in [1.165, 1.54) is 19.9 Å². The van der Waals surface area contributed by atoms with Gasteiger partial charge in [-0.05, 0) is 31.5 Å². The molecule has 0 saturated carbocycles. The van der Waals surface area contributed by atoms with Crippen molar-refractivity contribution in [2.75, 3.05) is 12.4 Å². The smallest absolute Gasteiger partial charge is 0.420 e. The van der Waals surface area contributed by atoms with Gasteiger partial charge in [-0.15, -0.1) is 0 Å². The fourth-order valence-electron chi connectivity index (χ4n) is 1.44. The van der Waals surface area contributed by atoms with Crippen molar-refractivity contribution in [3.05, 3.63) is 23.3 Å². The van der Waals surface area contributed by atoms with Crippen LogP contribution in [0, 0.1) is 6.92 Å². The first kappa shape index (κ1) is 15.3. The van der Waals surface area contributed by atoms with Gasteiger partial charge in [0.15, 0.2) is 0 Å². The molecular weight excluding hydrogens is 263 g/mol. The lowest BCUT2D eigenvalue weighted by Gasteiger charge is -2.16. The molecule has 0 saturated heterocycles. The maximum atomic E-state index is 12.8. The third-order valence-electron chi connectivity index (χ3n) is 2.49. The van der Waals surface area contributed by atoms with E-state index in [4.69, 9.17) is 5.11 Å². The number of amides is 1. The Morgan fingerprint density at radius 2 is 2.00 bits per heavy atom. The Morgan fingerprint density at radius 3 is 2.42 bits per heavy atom. The first-order chi connectivity index (χ1) is 8.66. The summed E-state index contributed by atoms with van der Waals surface area (Å²) in [4.78, 5) is 11.3. The number of nitrogens with one attached hydrogen (secondary N) is 1. The van der Waals surface area contributed by atoms with Gasteiger partial charge in [-0.25, -0.2) is 0 Å². The standard InChI is InChI=1S/C12H14F3NO3/c1-6-4-10(19-3)8(12(13,14)15)5-9(6)16-11(18)7(2)17/h4-5,7,17H,1-3H3,(H,16,18). The molecule has 1 rings (SSSR count). The highest BCUT2D eigenvalue weighted by molar-refractivity contribution is 5.94. The Balaban J connectivity index is 3.24. The second kappa shape index (κ2) is 5.48. The number of ether oxygens (including phenoxy) is 1. The number of anilines is 1.